The lowest BCUT2D eigenvalue weighted by Gasteiger charge is -2.15. The number of benzene rings is 2. The number of halogens is 4. The predicted molar refractivity (Wildman–Crippen MR) is 91.2 cm³/mol. The molecule has 0 aliphatic rings. The summed E-state index contributed by atoms with van der Waals surface area (Å²) in [6.07, 6.45) is -4.79. The van der Waals surface area contributed by atoms with Gasteiger partial charge in [-0.25, -0.2) is 4.98 Å². The SMILES string of the molecule is CC(Nc1cc(Cl)c(C(F)(F)F)cc1[N+](=O)[O-])c1nc2ccccc2[nH]1. The number of nitro benzene ring substituents is 1. The van der Waals surface area contributed by atoms with Gasteiger partial charge in [0, 0.05) is 6.07 Å². The van der Waals surface area contributed by atoms with Crippen LogP contribution in [-0.2, 0) is 6.18 Å². The van der Waals surface area contributed by atoms with E-state index in [-0.39, 0.29) is 5.69 Å². The molecule has 26 heavy (non-hydrogen) atoms. The number of hydrogen-bond acceptors (Lipinski definition) is 4. The van der Waals surface area contributed by atoms with Crippen molar-refractivity contribution in [1.82, 2.24) is 9.97 Å². The summed E-state index contributed by atoms with van der Waals surface area (Å²) in [6.45, 7) is 1.67. The average Bonchev–Trinajstić information content (AvgIpc) is 2.97. The maximum Gasteiger partial charge on any atom is 0.418 e. The van der Waals surface area contributed by atoms with E-state index in [1.807, 2.05) is 18.2 Å². The number of imidazole rings is 1. The van der Waals surface area contributed by atoms with Crippen molar-refractivity contribution in [2.45, 2.75) is 19.1 Å². The van der Waals surface area contributed by atoms with E-state index in [1.54, 1.807) is 13.0 Å². The molecule has 3 rings (SSSR count). The molecule has 0 saturated carbocycles. The van der Waals surface area contributed by atoms with Crippen molar-refractivity contribution in [2.75, 3.05) is 5.32 Å². The van der Waals surface area contributed by atoms with Crippen molar-refractivity contribution in [3.8, 4) is 0 Å². The molecule has 0 aliphatic carbocycles. The van der Waals surface area contributed by atoms with Crippen LogP contribution in [-0.4, -0.2) is 14.9 Å². The van der Waals surface area contributed by atoms with Gasteiger partial charge in [0.15, 0.2) is 0 Å². The number of hydrogen-bond donors (Lipinski definition) is 2. The van der Waals surface area contributed by atoms with Gasteiger partial charge in [-0.3, -0.25) is 10.1 Å². The Morgan fingerprint density at radius 2 is 2.00 bits per heavy atom. The summed E-state index contributed by atoms with van der Waals surface area (Å²) in [5.41, 5.74) is -0.620. The Labute approximate surface area is 150 Å². The number of aromatic amines is 1. The van der Waals surface area contributed by atoms with Gasteiger partial charge in [-0.05, 0) is 25.1 Å². The molecule has 0 radical (unpaired) electrons. The van der Waals surface area contributed by atoms with Gasteiger partial charge in [0.1, 0.15) is 11.5 Å². The number of nitrogens with one attached hydrogen (secondary N) is 2. The Kier molecular flexibility index (Phi) is 4.49. The van der Waals surface area contributed by atoms with Crippen LogP contribution in [0.2, 0.25) is 5.02 Å². The summed E-state index contributed by atoms with van der Waals surface area (Å²) in [7, 11) is 0. The Morgan fingerprint density at radius 3 is 2.62 bits per heavy atom. The van der Waals surface area contributed by atoms with Crippen LogP contribution in [0.1, 0.15) is 24.4 Å². The molecule has 2 aromatic carbocycles. The van der Waals surface area contributed by atoms with Crippen LogP contribution in [0.15, 0.2) is 36.4 Å². The van der Waals surface area contributed by atoms with Crippen molar-refractivity contribution in [1.29, 1.82) is 0 Å². The lowest BCUT2D eigenvalue weighted by molar-refractivity contribution is -0.384. The molecule has 0 amide bonds. The standard InChI is InChI=1S/C16H12ClF3N4O2/c1-8(15-22-11-4-2-3-5-12(11)23-15)21-13-7-10(17)9(16(18,19)20)6-14(13)24(25)26/h2-8,21H,1H3,(H,22,23). The molecule has 2 N–H and O–H groups in total. The molecule has 3 aromatic rings. The first-order chi connectivity index (χ1) is 12.2. The molecule has 0 spiro atoms. The van der Waals surface area contributed by atoms with Crippen LogP contribution in [0.25, 0.3) is 11.0 Å². The smallest absolute Gasteiger partial charge is 0.370 e. The second-order valence-electron chi connectivity index (χ2n) is 5.61. The lowest BCUT2D eigenvalue weighted by atomic mass is 10.1. The number of alkyl halides is 3. The van der Waals surface area contributed by atoms with Gasteiger partial charge in [-0.2, -0.15) is 13.2 Å². The van der Waals surface area contributed by atoms with Crippen molar-refractivity contribution >= 4 is 34.0 Å². The number of fused-ring (bicyclic) bond motifs is 1. The topological polar surface area (TPSA) is 83.8 Å². The largest absolute Gasteiger partial charge is 0.418 e. The maximum atomic E-state index is 12.9. The van der Waals surface area contributed by atoms with Crippen LogP contribution in [0, 0.1) is 10.1 Å². The number of para-hydroxylation sites is 2. The molecule has 1 unspecified atom stereocenters. The van der Waals surface area contributed by atoms with E-state index in [1.165, 1.54) is 0 Å². The Bertz CT molecular complexity index is 954. The molecule has 0 bridgehead atoms. The van der Waals surface area contributed by atoms with Gasteiger partial charge in [-0.1, -0.05) is 23.7 Å². The first kappa shape index (κ1) is 18.0. The van der Waals surface area contributed by atoms with E-state index in [0.29, 0.717) is 17.4 Å². The maximum absolute atomic E-state index is 12.9. The van der Waals surface area contributed by atoms with Gasteiger partial charge in [-0.15, -0.1) is 0 Å². The molecule has 1 aromatic heterocycles. The summed E-state index contributed by atoms with van der Waals surface area (Å²) in [5.74, 6) is 0.483. The summed E-state index contributed by atoms with van der Waals surface area (Å²) in [5, 5.41) is 13.4. The lowest BCUT2D eigenvalue weighted by Crippen LogP contribution is -2.12. The van der Waals surface area contributed by atoms with E-state index in [4.69, 9.17) is 11.6 Å². The molecule has 136 valence electrons. The molecular weight excluding hydrogens is 373 g/mol. The summed E-state index contributed by atoms with van der Waals surface area (Å²) in [4.78, 5) is 17.7. The van der Waals surface area contributed by atoms with E-state index < -0.39 is 33.4 Å². The molecule has 1 heterocycles. The number of nitro groups is 1. The summed E-state index contributed by atoms with van der Waals surface area (Å²) >= 11 is 5.68. The second-order valence-corrected chi connectivity index (χ2v) is 6.02. The highest BCUT2D eigenvalue weighted by Crippen LogP contribution is 2.41. The molecule has 0 fully saturated rings. The fraction of sp³-hybridized carbons (Fsp3) is 0.188. The normalized spacial score (nSPS) is 13.0. The van der Waals surface area contributed by atoms with Crippen molar-refractivity contribution in [2.24, 2.45) is 0 Å². The van der Waals surface area contributed by atoms with Crippen LogP contribution < -0.4 is 5.32 Å². The highest BCUT2D eigenvalue weighted by atomic mass is 35.5. The Morgan fingerprint density at radius 1 is 1.31 bits per heavy atom. The third-order valence-electron chi connectivity index (χ3n) is 3.78. The molecule has 10 heteroatoms. The molecule has 0 saturated heterocycles. The van der Waals surface area contributed by atoms with Crippen LogP contribution in [0.4, 0.5) is 24.5 Å². The van der Waals surface area contributed by atoms with Crippen LogP contribution in [0.3, 0.4) is 0 Å². The zero-order valence-electron chi connectivity index (χ0n) is 13.3. The Balaban J connectivity index is 1.97. The number of H-pyrrole nitrogens is 1. The number of rotatable bonds is 4. The second kappa shape index (κ2) is 6.49. The van der Waals surface area contributed by atoms with Gasteiger partial charge in [0.05, 0.1) is 32.6 Å². The Hall–Kier alpha value is -2.81. The minimum Gasteiger partial charge on any atom is -0.370 e. The average molecular weight is 385 g/mol. The van der Waals surface area contributed by atoms with Gasteiger partial charge in [0.2, 0.25) is 0 Å². The van der Waals surface area contributed by atoms with E-state index in [9.17, 15) is 23.3 Å². The monoisotopic (exact) mass is 384 g/mol. The molecule has 0 aliphatic heterocycles. The van der Waals surface area contributed by atoms with Gasteiger partial charge < -0.3 is 10.3 Å². The summed E-state index contributed by atoms with van der Waals surface area (Å²) < 4.78 is 38.8. The van der Waals surface area contributed by atoms with Gasteiger partial charge in [0.25, 0.3) is 5.69 Å². The zero-order chi connectivity index (χ0) is 19.1. The van der Waals surface area contributed by atoms with Crippen molar-refractivity contribution in [3.05, 3.63) is 62.9 Å². The van der Waals surface area contributed by atoms with Crippen LogP contribution >= 0.6 is 11.6 Å². The van der Waals surface area contributed by atoms with E-state index >= 15 is 0 Å². The van der Waals surface area contributed by atoms with Crippen molar-refractivity contribution < 1.29 is 18.1 Å². The quantitative estimate of drug-likeness (QED) is 0.471. The highest BCUT2D eigenvalue weighted by Gasteiger charge is 2.36. The number of anilines is 1. The van der Waals surface area contributed by atoms with Gasteiger partial charge >= 0.3 is 6.18 Å². The van der Waals surface area contributed by atoms with Crippen LogP contribution in [0.5, 0.6) is 0 Å². The number of aromatic nitrogens is 2. The van der Waals surface area contributed by atoms with E-state index in [2.05, 4.69) is 15.3 Å². The zero-order valence-corrected chi connectivity index (χ0v) is 14.0. The molecule has 6 nitrogen and oxygen atoms in total. The minimum absolute atomic E-state index is 0.124. The highest BCUT2D eigenvalue weighted by molar-refractivity contribution is 6.31. The summed E-state index contributed by atoms with van der Waals surface area (Å²) in [6, 6.07) is 8.04. The third kappa shape index (κ3) is 3.43. The van der Waals surface area contributed by atoms with Crippen molar-refractivity contribution in [3.63, 3.8) is 0 Å². The first-order valence-corrected chi connectivity index (χ1v) is 7.81. The third-order valence-corrected chi connectivity index (χ3v) is 4.09. The fourth-order valence-electron chi connectivity index (χ4n) is 2.52. The molecule has 1 atom stereocenters. The number of nitrogens with zero attached hydrogens (tertiary/aromatic N) is 2. The first-order valence-electron chi connectivity index (χ1n) is 7.43. The van der Waals surface area contributed by atoms with E-state index in [0.717, 1.165) is 11.6 Å². The fourth-order valence-corrected chi connectivity index (χ4v) is 2.80. The minimum atomic E-state index is -4.79. The molecular formula is C16H12ClF3N4O2. The predicted octanol–water partition coefficient (Wildman–Crippen LogP) is 5.32.